The van der Waals surface area contributed by atoms with E-state index in [9.17, 15) is 9.59 Å². The summed E-state index contributed by atoms with van der Waals surface area (Å²) in [5.74, 6) is -0.0984. The number of halogens is 1. The van der Waals surface area contributed by atoms with Crippen LogP contribution in [0.5, 0.6) is 5.75 Å². The third-order valence-corrected chi connectivity index (χ3v) is 4.77. The van der Waals surface area contributed by atoms with Crippen LogP contribution in [0.4, 0.5) is 0 Å². The van der Waals surface area contributed by atoms with Crippen LogP contribution in [0.25, 0.3) is 10.9 Å². The Morgan fingerprint density at radius 1 is 1.14 bits per heavy atom. The highest BCUT2D eigenvalue weighted by Crippen LogP contribution is 2.25. The normalized spacial score (nSPS) is 10.4. The molecule has 2 amide bonds. The second kappa shape index (κ2) is 8.85. The van der Waals surface area contributed by atoms with Crippen LogP contribution in [0.2, 0.25) is 0 Å². The van der Waals surface area contributed by atoms with E-state index in [-0.39, 0.29) is 17.6 Å². The van der Waals surface area contributed by atoms with Gasteiger partial charge in [0.25, 0.3) is 11.8 Å². The summed E-state index contributed by atoms with van der Waals surface area (Å²) in [6.45, 7) is 0.114. The Bertz CT molecular complexity index is 1050. The van der Waals surface area contributed by atoms with E-state index in [1.54, 1.807) is 18.2 Å². The number of hydrogen-bond donors (Lipinski definition) is 3. The molecular weight excluding hydrogens is 444 g/mol. The number of carbonyl (C=O) groups excluding carboxylic acids is 2. The van der Waals surface area contributed by atoms with E-state index in [2.05, 4.69) is 32.1 Å². The zero-order valence-electron chi connectivity index (χ0n) is 14.9. The van der Waals surface area contributed by atoms with E-state index in [0.717, 1.165) is 10.9 Å². The standard InChI is InChI=1S/C19H17BrN4O3S/c1-27-16-7-6-13(10-14(16)20)18(26)21-19(28)23-22-17(25)11-24-9-8-12-4-2-3-5-15(12)24/h2-10H,11H2,1H3,(H,22,25)(H2,21,23,26,28). The second-order valence-electron chi connectivity index (χ2n) is 5.81. The Kier molecular flexibility index (Phi) is 6.27. The van der Waals surface area contributed by atoms with Crippen molar-refractivity contribution in [1.82, 2.24) is 20.7 Å². The smallest absolute Gasteiger partial charge is 0.258 e. The van der Waals surface area contributed by atoms with Crippen molar-refractivity contribution < 1.29 is 14.3 Å². The molecular formula is C19H17BrN4O3S. The molecule has 28 heavy (non-hydrogen) atoms. The molecule has 0 spiro atoms. The summed E-state index contributed by atoms with van der Waals surface area (Å²) in [5, 5.41) is 3.54. The fraction of sp³-hybridized carbons (Fsp3) is 0.105. The Hall–Kier alpha value is -2.91. The molecule has 0 fully saturated rings. The average Bonchev–Trinajstić information content (AvgIpc) is 3.09. The first-order valence-electron chi connectivity index (χ1n) is 8.25. The zero-order chi connectivity index (χ0) is 20.1. The third kappa shape index (κ3) is 4.68. The summed E-state index contributed by atoms with van der Waals surface area (Å²) in [6, 6.07) is 14.6. The van der Waals surface area contributed by atoms with E-state index >= 15 is 0 Å². The monoisotopic (exact) mass is 460 g/mol. The number of carbonyl (C=O) groups is 2. The van der Waals surface area contributed by atoms with Gasteiger partial charge in [-0.15, -0.1) is 0 Å². The van der Waals surface area contributed by atoms with E-state index in [0.29, 0.717) is 15.8 Å². The van der Waals surface area contributed by atoms with Gasteiger partial charge in [-0.1, -0.05) is 18.2 Å². The lowest BCUT2D eigenvalue weighted by Gasteiger charge is -2.12. The fourth-order valence-corrected chi connectivity index (χ4v) is 3.30. The van der Waals surface area contributed by atoms with Gasteiger partial charge >= 0.3 is 0 Å². The molecule has 0 aliphatic rings. The predicted molar refractivity (Wildman–Crippen MR) is 114 cm³/mol. The van der Waals surface area contributed by atoms with Crippen LogP contribution in [-0.4, -0.2) is 28.6 Å². The van der Waals surface area contributed by atoms with Crippen molar-refractivity contribution >= 4 is 56.0 Å². The second-order valence-corrected chi connectivity index (χ2v) is 7.07. The van der Waals surface area contributed by atoms with Gasteiger partial charge in [0, 0.05) is 17.3 Å². The molecule has 0 bridgehead atoms. The van der Waals surface area contributed by atoms with Gasteiger partial charge in [-0.05, 0) is 63.9 Å². The topological polar surface area (TPSA) is 84.4 Å². The molecule has 0 saturated heterocycles. The van der Waals surface area contributed by atoms with Crippen LogP contribution < -0.4 is 20.9 Å². The minimum absolute atomic E-state index is 0.0114. The molecule has 144 valence electrons. The van der Waals surface area contributed by atoms with E-state index in [1.807, 2.05) is 41.1 Å². The van der Waals surface area contributed by atoms with Crippen LogP contribution in [0.1, 0.15) is 10.4 Å². The van der Waals surface area contributed by atoms with Gasteiger partial charge in [-0.2, -0.15) is 0 Å². The van der Waals surface area contributed by atoms with Crippen molar-refractivity contribution in [2.24, 2.45) is 0 Å². The maximum Gasteiger partial charge on any atom is 0.258 e. The molecule has 0 atom stereocenters. The summed E-state index contributed by atoms with van der Waals surface area (Å²) in [6.07, 6.45) is 1.84. The highest BCUT2D eigenvalue weighted by molar-refractivity contribution is 9.10. The largest absolute Gasteiger partial charge is 0.496 e. The number of benzene rings is 2. The maximum atomic E-state index is 12.2. The molecule has 7 nitrogen and oxygen atoms in total. The Morgan fingerprint density at radius 3 is 2.68 bits per heavy atom. The third-order valence-electron chi connectivity index (χ3n) is 3.95. The lowest BCUT2D eigenvalue weighted by Crippen LogP contribution is -2.49. The van der Waals surface area contributed by atoms with Crippen molar-refractivity contribution in [1.29, 1.82) is 0 Å². The predicted octanol–water partition coefficient (Wildman–Crippen LogP) is 2.75. The highest BCUT2D eigenvalue weighted by atomic mass is 79.9. The van der Waals surface area contributed by atoms with Crippen molar-refractivity contribution in [3.05, 3.63) is 64.8 Å². The van der Waals surface area contributed by atoms with E-state index < -0.39 is 5.91 Å². The minimum atomic E-state index is -0.411. The number of fused-ring (bicyclic) bond motifs is 1. The average molecular weight is 461 g/mol. The van der Waals surface area contributed by atoms with Crippen LogP contribution in [0.3, 0.4) is 0 Å². The molecule has 3 rings (SSSR count). The Labute approximate surface area is 175 Å². The van der Waals surface area contributed by atoms with Gasteiger partial charge < -0.3 is 9.30 Å². The van der Waals surface area contributed by atoms with E-state index in [4.69, 9.17) is 17.0 Å². The van der Waals surface area contributed by atoms with Crippen LogP contribution in [-0.2, 0) is 11.3 Å². The number of thiocarbonyl (C=S) groups is 1. The summed E-state index contributed by atoms with van der Waals surface area (Å²) >= 11 is 8.38. The number of aromatic nitrogens is 1. The van der Waals surface area contributed by atoms with Crippen LogP contribution in [0, 0.1) is 0 Å². The molecule has 1 aromatic heterocycles. The quantitative estimate of drug-likeness (QED) is 0.411. The number of ether oxygens (including phenoxy) is 1. The summed E-state index contributed by atoms with van der Waals surface area (Å²) in [5.41, 5.74) is 6.36. The first-order chi connectivity index (χ1) is 13.5. The number of hydrogen-bond acceptors (Lipinski definition) is 4. The lowest BCUT2D eigenvalue weighted by atomic mass is 10.2. The van der Waals surface area contributed by atoms with E-state index in [1.165, 1.54) is 7.11 Å². The molecule has 9 heteroatoms. The molecule has 0 aliphatic heterocycles. The Balaban J connectivity index is 1.51. The van der Waals surface area contributed by atoms with Crippen molar-refractivity contribution in [2.45, 2.75) is 6.54 Å². The number of methoxy groups -OCH3 is 1. The van der Waals surface area contributed by atoms with Gasteiger partial charge in [0.2, 0.25) is 0 Å². The highest BCUT2D eigenvalue weighted by Gasteiger charge is 2.11. The van der Waals surface area contributed by atoms with Gasteiger partial charge in [0.05, 0.1) is 11.6 Å². The van der Waals surface area contributed by atoms with Crippen LogP contribution >= 0.6 is 28.1 Å². The fourth-order valence-electron chi connectivity index (χ4n) is 2.61. The minimum Gasteiger partial charge on any atom is -0.496 e. The molecule has 3 N–H and O–H groups in total. The van der Waals surface area contributed by atoms with Crippen molar-refractivity contribution in [2.75, 3.05) is 7.11 Å². The number of amides is 2. The van der Waals surface area contributed by atoms with Gasteiger partial charge in [-0.3, -0.25) is 25.8 Å². The summed E-state index contributed by atoms with van der Waals surface area (Å²) < 4.78 is 7.60. The van der Waals surface area contributed by atoms with Crippen molar-refractivity contribution in [3.8, 4) is 5.75 Å². The molecule has 0 radical (unpaired) electrons. The molecule has 0 saturated carbocycles. The number of nitrogens with zero attached hydrogens (tertiary/aromatic N) is 1. The van der Waals surface area contributed by atoms with Crippen molar-refractivity contribution in [3.63, 3.8) is 0 Å². The first kappa shape index (κ1) is 19.8. The number of rotatable bonds is 4. The summed E-state index contributed by atoms with van der Waals surface area (Å²) in [4.78, 5) is 24.4. The van der Waals surface area contributed by atoms with Gasteiger partial charge in [0.1, 0.15) is 12.3 Å². The Morgan fingerprint density at radius 2 is 1.93 bits per heavy atom. The molecule has 3 aromatic rings. The van der Waals surface area contributed by atoms with Gasteiger partial charge in [0.15, 0.2) is 5.11 Å². The zero-order valence-corrected chi connectivity index (χ0v) is 17.3. The molecule has 2 aromatic carbocycles. The SMILES string of the molecule is COc1ccc(C(=O)NC(=S)NNC(=O)Cn2ccc3ccccc32)cc1Br. The lowest BCUT2D eigenvalue weighted by molar-refractivity contribution is -0.122. The molecule has 0 aliphatic carbocycles. The summed E-state index contributed by atoms with van der Waals surface area (Å²) in [7, 11) is 1.54. The van der Waals surface area contributed by atoms with Crippen LogP contribution in [0.15, 0.2) is 59.2 Å². The maximum absolute atomic E-state index is 12.2. The van der Waals surface area contributed by atoms with Gasteiger partial charge in [-0.25, -0.2) is 0 Å². The molecule has 1 heterocycles. The first-order valence-corrected chi connectivity index (χ1v) is 9.45. The number of hydrazine groups is 1. The number of para-hydroxylation sites is 1. The molecule has 0 unspecified atom stereocenters. The number of nitrogens with one attached hydrogen (secondary N) is 3.